The third-order valence-corrected chi connectivity index (χ3v) is 4.60. The standard InChI is InChI=1S/C14H17N3O5S/c1-8(14-9(2)16-22-10(14)3)15-12-6-5-11(23(4,20)21)7-13(12)17(18)19/h5-8,15H,1-4H3. The normalized spacial score (nSPS) is 12.9. The number of rotatable bonds is 5. The minimum atomic E-state index is -3.52. The monoisotopic (exact) mass is 339 g/mol. The highest BCUT2D eigenvalue weighted by Gasteiger charge is 2.22. The van der Waals surface area contributed by atoms with Crippen LogP contribution >= 0.6 is 0 Å². The van der Waals surface area contributed by atoms with Crippen LogP contribution in [0.15, 0.2) is 27.6 Å². The molecule has 0 aliphatic carbocycles. The number of nitro groups is 1. The Morgan fingerprint density at radius 3 is 2.48 bits per heavy atom. The first-order valence-corrected chi connectivity index (χ1v) is 8.68. The second-order valence-corrected chi connectivity index (χ2v) is 7.33. The lowest BCUT2D eigenvalue weighted by Crippen LogP contribution is -2.10. The Morgan fingerprint density at radius 1 is 1.35 bits per heavy atom. The van der Waals surface area contributed by atoms with Gasteiger partial charge in [0.25, 0.3) is 5.69 Å². The molecule has 2 aromatic rings. The predicted octanol–water partition coefficient (Wildman–Crippen LogP) is 2.78. The van der Waals surface area contributed by atoms with Crippen molar-refractivity contribution in [3.8, 4) is 0 Å². The third kappa shape index (κ3) is 3.50. The largest absolute Gasteiger partial charge is 0.373 e. The molecule has 1 aromatic heterocycles. The predicted molar refractivity (Wildman–Crippen MR) is 84.2 cm³/mol. The maximum atomic E-state index is 11.6. The van der Waals surface area contributed by atoms with Crippen molar-refractivity contribution in [2.75, 3.05) is 11.6 Å². The van der Waals surface area contributed by atoms with Crippen LogP contribution in [-0.4, -0.2) is 24.8 Å². The van der Waals surface area contributed by atoms with Gasteiger partial charge in [-0.1, -0.05) is 5.16 Å². The topological polar surface area (TPSA) is 115 Å². The summed E-state index contributed by atoms with van der Waals surface area (Å²) in [7, 11) is -3.52. The molecule has 124 valence electrons. The molecule has 0 spiro atoms. The first kappa shape index (κ1) is 16.9. The van der Waals surface area contributed by atoms with Gasteiger partial charge in [-0.3, -0.25) is 10.1 Å². The number of aryl methyl sites for hydroxylation is 2. The highest BCUT2D eigenvalue weighted by molar-refractivity contribution is 7.90. The van der Waals surface area contributed by atoms with E-state index in [1.165, 1.54) is 12.1 Å². The van der Waals surface area contributed by atoms with Crippen LogP contribution in [0.5, 0.6) is 0 Å². The zero-order chi connectivity index (χ0) is 17.4. The summed E-state index contributed by atoms with van der Waals surface area (Å²) in [5.41, 5.74) is 1.44. The minimum absolute atomic E-state index is 0.0975. The Hall–Kier alpha value is -2.42. The molecule has 0 aliphatic rings. The maximum absolute atomic E-state index is 11.6. The van der Waals surface area contributed by atoms with E-state index in [1.807, 2.05) is 6.92 Å². The van der Waals surface area contributed by atoms with E-state index in [0.29, 0.717) is 11.5 Å². The molecule has 2 rings (SSSR count). The molecule has 8 nitrogen and oxygen atoms in total. The van der Waals surface area contributed by atoms with E-state index in [1.54, 1.807) is 13.8 Å². The van der Waals surface area contributed by atoms with E-state index < -0.39 is 14.8 Å². The van der Waals surface area contributed by atoms with Crippen LogP contribution < -0.4 is 5.32 Å². The van der Waals surface area contributed by atoms with Crippen molar-refractivity contribution in [3.05, 3.63) is 45.3 Å². The van der Waals surface area contributed by atoms with Crippen LogP contribution in [0.4, 0.5) is 11.4 Å². The number of aromatic nitrogens is 1. The highest BCUT2D eigenvalue weighted by Crippen LogP contribution is 2.32. The van der Waals surface area contributed by atoms with Crippen molar-refractivity contribution in [1.29, 1.82) is 0 Å². The van der Waals surface area contributed by atoms with Crippen LogP contribution in [0.3, 0.4) is 0 Å². The second-order valence-electron chi connectivity index (χ2n) is 5.31. The van der Waals surface area contributed by atoms with Crippen LogP contribution in [0.2, 0.25) is 0 Å². The first-order chi connectivity index (χ1) is 10.6. The van der Waals surface area contributed by atoms with Gasteiger partial charge in [0.15, 0.2) is 9.84 Å². The summed E-state index contributed by atoms with van der Waals surface area (Å²) in [4.78, 5) is 10.5. The number of hydrogen-bond acceptors (Lipinski definition) is 7. The van der Waals surface area contributed by atoms with E-state index in [4.69, 9.17) is 4.52 Å². The number of nitrogens with one attached hydrogen (secondary N) is 1. The fourth-order valence-corrected chi connectivity index (χ4v) is 3.07. The summed E-state index contributed by atoms with van der Waals surface area (Å²) < 4.78 is 28.2. The van der Waals surface area contributed by atoms with Gasteiger partial charge in [0.1, 0.15) is 11.4 Å². The number of anilines is 1. The smallest absolute Gasteiger partial charge is 0.293 e. The molecule has 0 radical (unpaired) electrons. The minimum Gasteiger partial charge on any atom is -0.373 e. The molecule has 23 heavy (non-hydrogen) atoms. The summed E-state index contributed by atoms with van der Waals surface area (Å²) in [6, 6.07) is 3.50. The summed E-state index contributed by atoms with van der Waals surface area (Å²) in [5, 5.41) is 18.1. The molecule has 1 aromatic carbocycles. The van der Waals surface area contributed by atoms with Gasteiger partial charge in [-0.25, -0.2) is 8.42 Å². The number of nitrogens with zero attached hydrogens (tertiary/aromatic N) is 2. The van der Waals surface area contributed by atoms with Gasteiger partial charge in [-0.05, 0) is 32.9 Å². The molecular weight excluding hydrogens is 322 g/mol. The fourth-order valence-electron chi connectivity index (χ4n) is 2.43. The summed E-state index contributed by atoms with van der Waals surface area (Å²) in [6.07, 6.45) is 1.01. The number of hydrogen-bond donors (Lipinski definition) is 1. The summed E-state index contributed by atoms with van der Waals surface area (Å²) in [6.45, 7) is 5.36. The maximum Gasteiger partial charge on any atom is 0.293 e. The Bertz CT molecular complexity index is 838. The van der Waals surface area contributed by atoms with E-state index in [2.05, 4.69) is 10.5 Å². The lowest BCUT2D eigenvalue weighted by molar-refractivity contribution is -0.384. The van der Waals surface area contributed by atoms with Crippen molar-refractivity contribution < 1.29 is 17.9 Å². The van der Waals surface area contributed by atoms with Crippen molar-refractivity contribution in [2.24, 2.45) is 0 Å². The number of sulfone groups is 1. The van der Waals surface area contributed by atoms with Crippen molar-refractivity contribution >= 4 is 21.2 Å². The molecule has 1 heterocycles. The van der Waals surface area contributed by atoms with Gasteiger partial charge in [0.2, 0.25) is 0 Å². The summed E-state index contributed by atoms with van der Waals surface area (Å²) >= 11 is 0. The third-order valence-electron chi connectivity index (χ3n) is 3.49. The number of nitro benzene ring substituents is 1. The van der Waals surface area contributed by atoms with Gasteiger partial charge in [-0.15, -0.1) is 0 Å². The molecule has 0 fully saturated rings. The van der Waals surface area contributed by atoms with E-state index in [9.17, 15) is 18.5 Å². The van der Waals surface area contributed by atoms with Gasteiger partial charge in [0, 0.05) is 17.9 Å². The lowest BCUT2D eigenvalue weighted by atomic mass is 10.1. The van der Waals surface area contributed by atoms with Crippen molar-refractivity contribution in [1.82, 2.24) is 5.16 Å². The second kappa shape index (κ2) is 5.99. The van der Waals surface area contributed by atoms with Gasteiger partial charge >= 0.3 is 0 Å². The molecule has 0 aliphatic heterocycles. The van der Waals surface area contributed by atoms with Crippen molar-refractivity contribution in [2.45, 2.75) is 31.7 Å². The molecule has 1 atom stereocenters. The van der Waals surface area contributed by atoms with E-state index in [0.717, 1.165) is 17.9 Å². The van der Waals surface area contributed by atoms with E-state index in [-0.39, 0.29) is 22.3 Å². The van der Waals surface area contributed by atoms with Crippen LogP contribution in [0.25, 0.3) is 0 Å². The summed E-state index contributed by atoms with van der Waals surface area (Å²) in [5.74, 6) is 0.623. The van der Waals surface area contributed by atoms with Gasteiger partial charge in [-0.2, -0.15) is 0 Å². The molecular formula is C14H17N3O5S. The highest BCUT2D eigenvalue weighted by atomic mass is 32.2. The zero-order valence-electron chi connectivity index (χ0n) is 13.2. The van der Waals surface area contributed by atoms with Gasteiger partial charge in [0.05, 0.1) is 21.6 Å². The molecule has 9 heteroatoms. The van der Waals surface area contributed by atoms with Crippen LogP contribution in [0.1, 0.15) is 30.0 Å². The Kier molecular flexibility index (Phi) is 4.42. The lowest BCUT2D eigenvalue weighted by Gasteiger charge is -2.15. The van der Waals surface area contributed by atoms with Gasteiger partial charge < -0.3 is 9.84 Å². The zero-order valence-corrected chi connectivity index (χ0v) is 14.0. The molecule has 1 unspecified atom stereocenters. The molecule has 0 saturated carbocycles. The van der Waals surface area contributed by atoms with E-state index >= 15 is 0 Å². The first-order valence-electron chi connectivity index (χ1n) is 6.79. The van der Waals surface area contributed by atoms with Crippen LogP contribution in [-0.2, 0) is 9.84 Å². The Balaban J connectivity index is 2.42. The average molecular weight is 339 g/mol. The SMILES string of the molecule is Cc1noc(C)c1C(C)Nc1ccc(S(C)(=O)=O)cc1[N+](=O)[O-]. The van der Waals surface area contributed by atoms with Crippen molar-refractivity contribution in [3.63, 3.8) is 0 Å². The number of benzene rings is 1. The Labute approximate surface area is 133 Å². The fraction of sp³-hybridized carbons (Fsp3) is 0.357. The quantitative estimate of drug-likeness (QED) is 0.657. The van der Waals surface area contributed by atoms with Crippen LogP contribution in [0, 0.1) is 24.0 Å². The molecule has 1 N–H and O–H groups in total. The Morgan fingerprint density at radius 2 is 2.00 bits per heavy atom. The molecule has 0 amide bonds. The average Bonchev–Trinajstić information content (AvgIpc) is 2.77. The molecule has 0 saturated heterocycles. The molecule has 0 bridgehead atoms.